The van der Waals surface area contributed by atoms with Gasteiger partial charge in [-0.15, -0.1) is 0 Å². The van der Waals surface area contributed by atoms with Crippen LogP contribution in [0.15, 0.2) is 18.2 Å². The van der Waals surface area contributed by atoms with Crippen molar-refractivity contribution >= 4 is 23.3 Å². The molecule has 0 bridgehead atoms. The molecule has 1 aliphatic heterocycles. The average Bonchev–Trinajstić information content (AvgIpc) is 2.57. The number of hydrogen-bond acceptors (Lipinski definition) is 4. The van der Waals surface area contributed by atoms with E-state index in [2.05, 4.69) is 0 Å². The van der Waals surface area contributed by atoms with Crippen LogP contribution in [0.25, 0.3) is 0 Å². The lowest BCUT2D eigenvalue weighted by Gasteiger charge is -2.20. The van der Waals surface area contributed by atoms with Gasteiger partial charge in [-0.2, -0.15) is 0 Å². The van der Waals surface area contributed by atoms with Gasteiger partial charge in [0.25, 0.3) is 0 Å². The second-order valence-corrected chi connectivity index (χ2v) is 4.43. The first-order valence-corrected chi connectivity index (χ1v) is 6.35. The summed E-state index contributed by atoms with van der Waals surface area (Å²) in [6, 6.07) is 4.75. The summed E-state index contributed by atoms with van der Waals surface area (Å²) in [7, 11) is 0. The van der Waals surface area contributed by atoms with Crippen LogP contribution in [0.1, 0.15) is 30.1 Å². The van der Waals surface area contributed by atoms with E-state index >= 15 is 0 Å². The Morgan fingerprint density at radius 3 is 2.80 bits per heavy atom. The summed E-state index contributed by atoms with van der Waals surface area (Å²) in [5, 5.41) is 8.92. The monoisotopic (exact) mass is 277 g/mol. The van der Waals surface area contributed by atoms with Crippen molar-refractivity contribution in [2.75, 3.05) is 18.1 Å². The maximum atomic E-state index is 12.0. The SMILES string of the molecule is CCC(=O)c1ccc2c(c1)N(CC(=O)O)C(=O)CCO2. The number of rotatable bonds is 4. The quantitative estimate of drug-likeness (QED) is 0.843. The largest absolute Gasteiger partial charge is 0.491 e. The fourth-order valence-corrected chi connectivity index (χ4v) is 2.05. The first-order valence-electron chi connectivity index (χ1n) is 6.35. The second-order valence-electron chi connectivity index (χ2n) is 4.43. The summed E-state index contributed by atoms with van der Waals surface area (Å²) in [6.45, 7) is 1.49. The standard InChI is InChI=1S/C14H15NO5/c1-2-11(16)9-3-4-12-10(7-9)15(8-14(18)19)13(17)5-6-20-12/h3-4,7H,2,5-6,8H2,1H3,(H,18,19). The molecule has 0 saturated heterocycles. The fraction of sp³-hybridized carbons (Fsp3) is 0.357. The van der Waals surface area contributed by atoms with E-state index < -0.39 is 12.5 Å². The van der Waals surface area contributed by atoms with Crippen molar-refractivity contribution in [1.82, 2.24) is 0 Å². The van der Waals surface area contributed by atoms with Crippen LogP contribution in [0.4, 0.5) is 5.69 Å². The number of carboxylic acids is 1. The molecular weight excluding hydrogens is 262 g/mol. The molecule has 1 aromatic carbocycles. The topological polar surface area (TPSA) is 83.9 Å². The van der Waals surface area contributed by atoms with Gasteiger partial charge in [0, 0.05) is 12.0 Å². The molecule has 1 heterocycles. The Hall–Kier alpha value is -2.37. The molecule has 0 saturated carbocycles. The van der Waals surface area contributed by atoms with E-state index in [0.29, 0.717) is 23.4 Å². The highest BCUT2D eigenvalue weighted by Gasteiger charge is 2.26. The van der Waals surface area contributed by atoms with Crippen LogP contribution in [-0.2, 0) is 9.59 Å². The van der Waals surface area contributed by atoms with Crippen molar-refractivity contribution in [1.29, 1.82) is 0 Å². The van der Waals surface area contributed by atoms with Gasteiger partial charge in [0.15, 0.2) is 5.78 Å². The van der Waals surface area contributed by atoms with E-state index in [-0.39, 0.29) is 24.7 Å². The molecule has 2 rings (SSSR count). The number of hydrogen-bond donors (Lipinski definition) is 1. The first-order chi connectivity index (χ1) is 9.52. The molecule has 0 aromatic heterocycles. The average molecular weight is 277 g/mol. The fourth-order valence-electron chi connectivity index (χ4n) is 2.05. The third-order valence-electron chi connectivity index (χ3n) is 3.06. The van der Waals surface area contributed by atoms with Crippen LogP contribution in [0.5, 0.6) is 5.75 Å². The maximum absolute atomic E-state index is 12.0. The van der Waals surface area contributed by atoms with Gasteiger partial charge in [0.2, 0.25) is 5.91 Å². The lowest BCUT2D eigenvalue weighted by Crippen LogP contribution is -2.35. The summed E-state index contributed by atoms with van der Waals surface area (Å²) in [6.07, 6.45) is 0.450. The van der Waals surface area contributed by atoms with Gasteiger partial charge >= 0.3 is 5.97 Å². The van der Waals surface area contributed by atoms with Crippen molar-refractivity contribution < 1.29 is 24.2 Å². The molecule has 106 valence electrons. The molecule has 0 radical (unpaired) electrons. The van der Waals surface area contributed by atoms with E-state index in [1.165, 1.54) is 6.07 Å². The van der Waals surface area contributed by atoms with Gasteiger partial charge in [-0.25, -0.2) is 0 Å². The lowest BCUT2D eigenvalue weighted by atomic mass is 10.1. The molecule has 0 spiro atoms. The molecule has 1 amide bonds. The summed E-state index contributed by atoms with van der Waals surface area (Å²) >= 11 is 0. The Kier molecular flexibility index (Phi) is 4.02. The van der Waals surface area contributed by atoms with Crippen LogP contribution < -0.4 is 9.64 Å². The van der Waals surface area contributed by atoms with E-state index in [4.69, 9.17) is 9.84 Å². The van der Waals surface area contributed by atoms with Crippen LogP contribution in [0.3, 0.4) is 0 Å². The van der Waals surface area contributed by atoms with E-state index in [1.807, 2.05) is 0 Å². The molecule has 6 nitrogen and oxygen atoms in total. The van der Waals surface area contributed by atoms with Gasteiger partial charge in [0.1, 0.15) is 12.3 Å². The zero-order chi connectivity index (χ0) is 14.7. The number of Topliss-reactive ketones (excluding diaryl/α,β-unsaturated/α-hetero) is 1. The summed E-state index contributed by atoms with van der Waals surface area (Å²) in [5.74, 6) is -1.09. The molecule has 0 atom stereocenters. The molecule has 0 aliphatic carbocycles. The Labute approximate surface area is 115 Å². The minimum Gasteiger partial charge on any atom is -0.491 e. The number of fused-ring (bicyclic) bond motifs is 1. The number of amides is 1. The molecular formula is C14H15NO5. The zero-order valence-electron chi connectivity index (χ0n) is 11.1. The number of carbonyl (C=O) groups is 3. The minimum atomic E-state index is -1.11. The predicted molar refractivity (Wildman–Crippen MR) is 71.2 cm³/mol. The van der Waals surface area contributed by atoms with Crippen LogP contribution >= 0.6 is 0 Å². The Balaban J connectivity index is 2.47. The number of anilines is 1. The predicted octanol–water partition coefficient (Wildman–Crippen LogP) is 1.48. The van der Waals surface area contributed by atoms with Crippen LogP contribution in [-0.4, -0.2) is 35.9 Å². The molecule has 0 fully saturated rings. The number of carbonyl (C=O) groups excluding carboxylic acids is 2. The van der Waals surface area contributed by atoms with E-state index in [1.54, 1.807) is 19.1 Å². The Morgan fingerprint density at radius 2 is 2.15 bits per heavy atom. The number of ketones is 1. The molecule has 1 aliphatic rings. The van der Waals surface area contributed by atoms with Gasteiger partial charge in [-0.1, -0.05) is 6.92 Å². The molecule has 0 unspecified atom stereocenters. The van der Waals surface area contributed by atoms with Crippen molar-refractivity contribution in [2.45, 2.75) is 19.8 Å². The van der Waals surface area contributed by atoms with Crippen molar-refractivity contribution in [3.05, 3.63) is 23.8 Å². The maximum Gasteiger partial charge on any atom is 0.323 e. The smallest absolute Gasteiger partial charge is 0.323 e. The van der Waals surface area contributed by atoms with Gasteiger partial charge in [-0.05, 0) is 18.2 Å². The molecule has 20 heavy (non-hydrogen) atoms. The number of aliphatic carboxylic acids is 1. The first kappa shape index (κ1) is 14.0. The van der Waals surface area contributed by atoms with E-state index in [0.717, 1.165) is 4.90 Å². The van der Waals surface area contributed by atoms with E-state index in [9.17, 15) is 14.4 Å². The summed E-state index contributed by atoms with van der Waals surface area (Å²) < 4.78 is 5.43. The van der Waals surface area contributed by atoms with Gasteiger partial charge < -0.3 is 9.84 Å². The summed E-state index contributed by atoms with van der Waals surface area (Å²) in [5.41, 5.74) is 0.786. The minimum absolute atomic E-state index is 0.0697. The van der Waals surface area contributed by atoms with Crippen molar-refractivity contribution in [3.63, 3.8) is 0 Å². The third kappa shape index (κ3) is 2.79. The molecule has 6 heteroatoms. The number of ether oxygens (including phenoxy) is 1. The highest BCUT2D eigenvalue weighted by atomic mass is 16.5. The lowest BCUT2D eigenvalue weighted by molar-refractivity contribution is -0.136. The van der Waals surface area contributed by atoms with Crippen molar-refractivity contribution in [3.8, 4) is 5.75 Å². The molecule has 1 N–H and O–H groups in total. The highest BCUT2D eigenvalue weighted by Crippen LogP contribution is 2.32. The van der Waals surface area contributed by atoms with Crippen molar-refractivity contribution in [2.24, 2.45) is 0 Å². The van der Waals surface area contributed by atoms with Gasteiger partial charge in [-0.3, -0.25) is 19.3 Å². The third-order valence-corrected chi connectivity index (χ3v) is 3.06. The normalized spacial score (nSPS) is 14.2. The second kappa shape index (κ2) is 5.73. The number of nitrogens with zero attached hydrogens (tertiary/aromatic N) is 1. The Morgan fingerprint density at radius 1 is 1.40 bits per heavy atom. The summed E-state index contributed by atoms with van der Waals surface area (Å²) in [4.78, 5) is 35.8. The molecule has 1 aromatic rings. The number of benzene rings is 1. The van der Waals surface area contributed by atoms with Crippen LogP contribution in [0, 0.1) is 0 Å². The zero-order valence-corrected chi connectivity index (χ0v) is 11.1. The van der Waals surface area contributed by atoms with Gasteiger partial charge in [0.05, 0.1) is 18.7 Å². The Bertz CT molecular complexity index is 567. The highest BCUT2D eigenvalue weighted by molar-refractivity contribution is 6.02. The van der Waals surface area contributed by atoms with Crippen LogP contribution in [0.2, 0.25) is 0 Å². The number of carboxylic acid groups (broad SMARTS) is 1.